The second-order valence-electron chi connectivity index (χ2n) is 6.42. The molecular weight excluding hydrogens is 356 g/mol. The van der Waals surface area contributed by atoms with E-state index in [2.05, 4.69) is 0 Å². The summed E-state index contributed by atoms with van der Waals surface area (Å²) in [5.41, 5.74) is 0. The Morgan fingerprint density at radius 2 is 1.65 bits per heavy atom. The third-order valence-electron chi connectivity index (χ3n) is 4.41. The number of likely N-dealkylation sites (tertiary alicyclic amines) is 1. The molecule has 0 atom stereocenters. The molecule has 1 aromatic rings. The van der Waals surface area contributed by atoms with Crippen molar-refractivity contribution in [3.05, 3.63) is 24.3 Å². The fourth-order valence-electron chi connectivity index (χ4n) is 2.87. The predicted octanol–water partition coefficient (Wildman–Crippen LogP) is 1.74. The lowest BCUT2D eigenvalue weighted by atomic mass is 10.2. The van der Waals surface area contributed by atoms with E-state index in [1.807, 2.05) is 0 Å². The minimum atomic E-state index is -3.49. The minimum absolute atomic E-state index is 0.129. The molecule has 0 N–H and O–H groups in total. The number of methoxy groups -OCH3 is 1. The Morgan fingerprint density at radius 3 is 2.19 bits per heavy atom. The van der Waals surface area contributed by atoms with Crippen molar-refractivity contribution in [1.29, 1.82) is 0 Å². The van der Waals surface area contributed by atoms with Gasteiger partial charge in [0.1, 0.15) is 18.1 Å². The van der Waals surface area contributed by atoms with E-state index in [-0.39, 0.29) is 25.6 Å². The zero-order valence-corrected chi connectivity index (χ0v) is 16.3. The van der Waals surface area contributed by atoms with Crippen LogP contribution in [0.15, 0.2) is 24.3 Å². The number of rotatable bonds is 8. The van der Waals surface area contributed by atoms with Crippen LogP contribution in [0, 0.1) is 0 Å². The molecule has 8 heteroatoms. The van der Waals surface area contributed by atoms with Crippen LogP contribution in [0.4, 0.5) is 0 Å². The Hall–Kier alpha value is -1.80. The zero-order chi connectivity index (χ0) is 19.0. The second-order valence-corrected chi connectivity index (χ2v) is 8.40. The van der Waals surface area contributed by atoms with Gasteiger partial charge in [-0.3, -0.25) is 4.79 Å². The first-order chi connectivity index (χ1) is 12.4. The summed E-state index contributed by atoms with van der Waals surface area (Å²) >= 11 is 0. The van der Waals surface area contributed by atoms with E-state index >= 15 is 0 Å². The fraction of sp³-hybridized carbons (Fsp3) is 0.611. The van der Waals surface area contributed by atoms with Crippen molar-refractivity contribution in [2.24, 2.45) is 0 Å². The largest absolute Gasteiger partial charge is 0.497 e. The fourth-order valence-corrected chi connectivity index (χ4v) is 3.62. The van der Waals surface area contributed by atoms with Gasteiger partial charge in [-0.25, -0.2) is 8.42 Å². The lowest BCUT2D eigenvalue weighted by Crippen LogP contribution is -2.44. The molecule has 1 aromatic carbocycles. The van der Waals surface area contributed by atoms with Crippen LogP contribution < -0.4 is 9.47 Å². The van der Waals surface area contributed by atoms with Gasteiger partial charge in [-0.05, 0) is 37.1 Å². The smallest absolute Gasteiger partial charge is 0.237 e. The van der Waals surface area contributed by atoms with Crippen molar-refractivity contribution in [1.82, 2.24) is 9.21 Å². The summed E-state index contributed by atoms with van der Waals surface area (Å²) in [6.45, 7) is 1.58. The van der Waals surface area contributed by atoms with E-state index in [9.17, 15) is 13.2 Å². The van der Waals surface area contributed by atoms with Gasteiger partial charge < -0.3 is 14.4 Å². The Labute approximate surface area is 155 Å². The van der Waals surface area contributed by atoms with Gasteiger partial charge in [0, 0.05) is 19.6 Å². The quantitative estimate of drug-likeness (QED) is 0.682. The lowest BCUT2D eigenvalue weighted by Gasteiger charge is -2.25. The topological polar surface area (TPSA) is 76.2 Å². The number of hydrogen-bond donors (Lipinski definition) is 0. The van der Waals surface area contributed by atoms with Crippen LogP contribution in [0.1, 0.15) is 25.7 Å². The van der Waals surface area contributed by atoms with Crippen molar-refractivity contribution < 1.29 is 22.7 Å². The van der Waals surface area contributed by atoms with Gasteiger partial charge in [-0.2, -0.15) is 4.31 Å². The first-order valence-electron chi connectivity index (χ1n) is 8.90. The van der Waals surface area contributed by atoms with Crippen LogP contribution in [0.3, 0.4) is 0 Å². The highest BCUT2D eigenvalue weighted by molar-refractivity contribution is 7.88. The zero-order valence-electron chi connectivity index (χ0n) is 15.5. The molecule has 1 aliphatic heterocycles. The maximum Gasteiger partial charge on any atom is 0.237 e. The van der Waals surface area contributed by atoms with E-state index in [0.29, 0.717) is 18.8 Å². The van der Waals surface area contributed by atoms with Crippen molar-refractivity contribution in [3.8, 4) is 11.5 Å². The third kappa shape index (κ3) is 6.49. The number of carbonyl (C=O) groups excluding carboxylic acids is 1. The molecule has 0 saturated carbocycles. The maximum atomic E-state index is 12.5. The number of ether oxygens (including phenoxy) is 2. The average molecular weight is 384 g/mol. The molecule has 0 unspecified atom stereocenters. The molecule has 1 saturated heterocycles. The van der Waals surface area contributed by atoms with Crippen LogP contribution >= 0.6 is 0 Å². The molecule has 1 amide bonds. The molecule has 0 spiro atoms. The predicted molar refractivity (Wildman–Crippen MR) is 100.0 cm³/mol. The molecule has 0 aromatic heterocycles. The van der Waals surface area contributed by atoms with Crippen molar-refractivity contribution in [3.63, 3.8) is 0 Å². The summed E-state index contributed by atoms with van der Waals surface area (Å²) in [5.74, 6) is 1.21. The summed E-state index contributed by atoms with van der Waals surface area (Å²) in [4.78, 5) is 14.3. The minimum Gasteiger partial charge on any atom is -0.497 e. The highest BCUT2D eigenvalue weighted by Gasteiger charge is 2.24. The highest BCUT2D eigenvalue weighted by Crippen LogP contribution is 2.17. The van der Waals surface area contributed by atoms with E-state index < -0.39 is 10.0 Å². The number of hydrogen-bond acceptors (Lipinski definition) is 5. The van der Waals surface area contributed by atoms with Crippen molar-refractivity contribution in [2.45, 2.75) is 25.7 Å². The first kappa shape index (κ1) is 20.5. The molecule has 1 fully saturated rings. The summed E-state index contributed by atoms with van der Waals surface area (Å²) in [6.07, 6.45) is 5.32. The lowest BCUT2D eigenvalue weighted by molar-refractivity contribution is -0.131. The van der Waals surface area contributed by atoms with E-state index in [4.69, 9.17) is 9.47 Å². The molecule has 146 valence electrons. The van der Waals surface area contributed by atoms with Crippen LogP contribution in [-0.2, 0) is 14.8 Å². The van der Waals surface area contributed by atoms with Crippen molar-refractivity contribution in [2.75, 3.05) is 46.2 Å². The van der Waals surface area contributed by atoms with Gasteiger partial charge in [-0.15, -0.1) is 0 Å². The Morgan fingerprint density at radius 1 is 1.08 bits per heavy atom. The Bertz CT molecular complexity index is 667. The van der Waals surface area contributed by atoms with E-state index in [1.54, 1.807) is 36.3 Å². The molecule has 1 aliphatic rings. The highest BCUT2D eigenvalue weighted by atomic mass is 32.2. The molecule has 0 radical (unpaired) electrons. The van der Waals surface area contributed by atoms with Gasteiger partial charge >= 0.3 is 0 Å². The molecule has 1 heterocycles. The van der Waals surface area contributed by atoms with Crippen LogP contribution in [0.5, 0.6) is 11.5 Å². The summed E-state index contributed by atoms with van der Waals surface area (Å²) in [7, 11) is -1.90. The average Bonchev–Trinajstić information content (AvgIpc) is 2.90. The molecule has 26 heavy (non-hydrogen) atoms. The Kier molecular flexibility index (Phi) is 7.71. The van der Waals surface area contributed by atoms with E-state index in [0.717, 1.165) is 37.7 Å². The first-order valence-corrected chi connectivity index (χ1v) is 10.7. The van der Waals surface area contributed by atoms with Crippen LogP contribution in [0.25, 0.3) is 0 Å². The summed E-state index contributed by atoms with van der Waals surface area (Å²) < 4.78 is 35.9. The van der Waals surface area contributed by atoms with Crippen LogP contribution in [0.2, 0.25) is 0 Å². The number of sulfonamides is 1. The maximum absolute atomic E-state index is 12.5. The second kappa shape index (κ2) is 9.78. The van der Waals surface area contributed by atoms with Crippen LogP contribution in [-0.4, -0.2) is 69.7 Å². The molecule has 2 rings (SSSR count). The summed E-state index contributed by atoms with van der Waals surface area (Å²) in [6, 6.07) is 7.05. The van der Waals surface area contributed by atoms with Gasteiger partial charge in [0.05, 0.1) is 19.9 Å². The Balaban J connectivity index is 1.89. The monoisotopic (exact) mass is 384 g/mol. The number of carbonyl (C=O) groups is 1. The standard InChI is InChI=1S/C18H28N2O5S/c1-24-16-7-9-17(10-8-16)25-14-13-20(26(2,22)23)15-18(21)19-11-5-3-4-6-12-19/h7-10H,3-6,11-15H2,1-2H3. The number of nitrogens with zero attached hydrogens (tertiary/aromatic N) is 2. The number of amides is 1. The van der Waals surface area contributed by atoms with Gasteiger partial charge in [0.15, 0.2) is 0 Å². The third-order valence-corrected chi connectivity index (χ3v) is 5.66. The van der Waals surface area contributed by atoms with Gasteiger partial charge in [0.25, 0.3) is 0 Å². The molecular formula is C18H28N2O5S. The summed E-state index contributed by atoms with van der Waals surface area (Å²) in [5, 5.41) is 0. The normalized spacial score (nSPS) is 15.6. The number of benzene rings is 1. The molecule has 7 nitrogen and oxygen atoms in total. The van der Waals surface area contributed by atoms with Gasteiger partial charge in [-0.1, -0.05) is 12.8 Å². The van der Waals surface area contributed by atoms with Crippen molar-refractivity contribution >= 4 is 15.9 Å². The van der Waals surface area contributed by atoms with Gasteiger partial charge in [0.2, 0.25) is 15.9 Å². The SMILES string of the molecule is COc1ccc(OCCN(CC(=O)N2CCCCCC2)S(C)(=O)=O)cc1. The molecule has 0 bridgehead atoms. The van der Waals surface area contributed by atoms with E-state index in [1.165, 1.54) is 4.31 Å². The molecule has 0 aliphatic carbocycles.